The van der Waals surface area contributed by atoms with Crippen LogP contribution in [-0.2, 0) is 9.47 Å². The maximum atomic E-state index is 9.20. The van der Waals surface area contributed by atoms with Gasteiger partial charge < -0.3 is 19.7 Å². The highest BCUT2D eigenvalue weighted by molar-refractivity contribution is 6.21. The van der Waals surface area contributed by atoms with Gasteiger partial charge in [-0.1, -0.05) is 0 Å². The van der Waals surface area contributed by atoms with E-state index in [4.69, 9.17) is 26.2 Å². The maximum Gasteiger partial charge on any atom is 0.173 e. The minimum absolute atomic E-state index is 0.249. The third-order valence-electron chi connectivity index (χ3n) is 1.91. The molecule has 12 heavy (non-hydrogen) atoms. The number of hydrogen-bond acceptors (Lipinski definition) is 4. The second-order valence-electron chi connectivity index (χ2n) is 2.78. The van der Waals surface area contributed by atoms with E-state index in [2.05, 4.69) is 0 Å². The summed E-state index contributed by atoms with van der Waals surface area (Å²) in [5.74, 6) is 0. The monoisotopic (exact) mass is 196 g/mol. The third kappa shape index (κ3) is 2.08. The average Bonchev–Trinajstić information content (AvgIpc) is 2.45. The van der Waals surface area contributed by atoms with Gasteiger partial charge in [-0.25, -0.2) is 0 Å². The molecule has 2 N–H and O–H groups in total. The summed E-state index contributed by atoms with van der Waals surface area (Å²) < 4.78 is 10.1. The molecule has 5 heteroatoms. The van der Waals surface area contributed by atoms with Crippen LogP contribution in [0.25, 0.3) is 0 Å². The van der Waals surface area contributed by atoms with Crippen molar-refractivity contribution >= 4 is 11.6 Å². The maximum absolute atomic E-state index is 9.20. The van der Waals surface area contributed by atoms with Crippen molar-refractivity contribution in [1.29, 1.82) is 0 Å². The smallest absolute Gasteiger partial charge is 0.173 e. The lowest BCUT2D eigenvalue weighted by molar-refractivity contribution is -0.142. The van der Waals surface area contributed by atoms with Crippen LogP contribution < -0.4 is 0 Å². The molecule has 1 rings (SSSR count). The van der Waals surface area contributed by atoms with E-state index in [1.165, 1.54) is 7.11 Å². The quantitative estimate of drug-likeness (QED) is 0.609. The van der Waals surface area contributed by atoms with Gasteiger partial charge >= 0.3 is 0 Å². The molecule has 0 aromatic heterocycles. The van der Waals surface area contributed by atoms with Crippen LogP contribution in [0.1, 0.15) is 6.42 Å². The Balaban J connectivity index is 2.42. The Morgan fingerprint density at radius 3 is 2.83 bits per heavy atom. The number of alkyl halides is 1. The molecule has 0 aromatic rings. The first-order valence-electron chi connectivity index (χ1n) is 3.80. The highest BCUT2D eigenvalue weighted by atomic mass is 35.5. The van der Waals surface area contributed by atoms with Crippen LogP contribution in [0.4, 0.5) is 0 Å². The van der Waals surface area contributed by atoms with Gasteiger partial charge in [0.15, 0.2) is 6.29 Å². The fraction of sp³-hybridized carbons (Fsp3) is 1.00. The number of aliphatic hydroxyl groups excluding tert-OH is 2. The van der Waals surface area contributed by atoms with E-state index in [1.54, 1.807) is 0 Å². The van der Waals surface area contributed by atoms with Crippen LogP contribution in [0.2, 0.25) is 0 Å². The molecule has 0 unspecified atom stereocenters. The minimum atomic E-state index is -0.869. The lowest BCUT2D eigenvalue weighted by Gasteiger charge is -2.15. The lowest BCUT2D eigenvalue weighted by atomic mass is 10.1. The van der Waals surface area contributed by atoms with Crippen LogP contribution >= 0.6 is 11.6 Å². The summed E-state index contributed by atoms with van der Waals surface area (Å²) in [6, 6.07) is 0. The first-order valence-corrected chi connectivity index (χ1v) is 4.24. The second kappa shape index (κ2) is 4.39. The SMILES string of the molecule is CO[C@H]1O[C@H]([C@H](O)CO)C[C@@H]1Cl. The van der Waals surface area contributed by atoms with E-state index in [-0.39, 0.29) is 12.0 Å². The number of hydrogen-bond donors (Lipinski definition) is 2. The van der Waals surface area contributed by atoms with Gasteiger partial charge in [-0.15, -0.1) is 11.6 Å². The molecular formula is C7H13ClO4. The largest absolute Gasteiger partial charge is 0.394 e. The molecule has 1 heterocycles. The summed E-state index contributed by atoms with van der Waals surface area (Å²) in [6.45, 7) is -0.315. The summed E-state index contributed by atoms with van der Waals surface area (Å²) in [6.07, 6.45) is -1.26. The van der Waals surface area contributed by atoms with Crippen molar-refractivity contribution in [1.82, 2.24) is 0 Å². The molecule has 1 fully saturated rings. The standard InChI is InChI=1S/C7H13ClO4/c1-11-7-4(8)2-6(12-7)5(10)3-9/h4-7,9-10H,2-3H2,1H3/t4-,5+,6-,7-/m0/s1. The van der Waals surface area contributed by atoms with Gasteiger partial charge in [0.25, 0.3) is 0 Å². The predicted octanol–water partition coefficient (Wildman–Crippen LogP) is -0.292. The zero-order valence-corrected chi connectivity index (χ0v) is 7.57. The normalized spacial score (nSPS) is 38.5. The Kier molecular flexibility index (Phi) is 3.74. The van der Waals surface area contributed by atoms with Crippen LogP contribution in [0.5, 0.6) is 0 Å². The fourth-order valence-electron chi connectivity index (χ4n) is 1.21. The van der Waals surface area contributed by atoms with Crippen LogP contribution in [0.3, 0.4) is 0 Å². The Labute approximate surface area is 76.0 Å². The molecule has 0 bridgehead atoms. The average molecular weight is 197 g/mol. The Bertz CT molecular complexity index is 143. The van der Waals surface area contributed by atoms with Crippen molar-refractivity contribution in [2.45, 2.75) is 30.3 Å². The molecule has 1 saturated heterocycles. The van der Waals surface area contributed by atoms with Crippen LogP contribution in [0.15, 0.2) is 0 Å². The molecule has 1 aliphatic rings. The van der Waals surface area contributed by atoms with E-state index in [0.29, 0.717) is 6.42 Å². The van der Waals surface area contributed by atoms with Gasteiger partial charge in [0, 0.05) is 7.11 Å². The Morgan fingerprint density at radius 2 is 2.42 bits per heavy atom. The van der Waals surface area contributed by atoms with Crippen molar-refractivity contribution in [3.63, 3.8) is 0 Å². The lowest BCUT2D eigenvalue weighted by Crippen LogP contribution is -2.29. The first kappa shape index (κ1) is 10.2. The summed E-state index contributed by atoms with van der Waals surface area (Å²) in [7, 11) is 1.49. The molecule has 0 aliphatic carbocycles. The highest BCUT2D eigenvalue weighted by Gasteiger charge is 2.37. The summed E-state index contributed by atoms with van der Waals surface area (Å²) in [4.78, 5) is 0. The van der Waals surface area contributed by atoms with Crippen LogP contribution in [-0.4, -0.2) is 47.8 Å². The van der Waals surface area contributed by atoms with Crippen LogP contribution in [0, 0.1) is 0 Å². The minimum Gasteiger partial charge on any atom is -0.394 e. The molecule has 0 amide bonds. The summed E-state index contributed by atoms with van der Waals surface area (Å²) in [5, 5.41) is 17.6. The van der Waals surface area contributed by atoms with E-state index in [1.807, 2.05) is 0 Å². The van der Waals surface area contributed by atoms with E-state index >= 15 is 0 Å². The Hall–Kier alpha value is 0.130. The van der Waals surface area contributed by atoms with Gasteiger partial charge in [-0.3, -0.25) is 0 Å². The number of ether oxygens (including phenoxy) is 2. The van der Waals surface area contributed by atoms with Crippen molar-refractivity contribution in [3.8, 4) is 0 Å². The molecule has 0 saturated carbocycles. The van der Waals surface area contributed by atoms with E-state index in [9.17, 15) is 5.11 Å². The van der Waals surface area contributed by atoms with Crippen molar-refractivity contribution < 1.29 is 19.7 Å². The zero-order valence-electron chi connectivity index (χ0n) is 6.81. The summed E-state index contributed by atoms with van der Waals surface area (Å²) >= 11 is 5.83. The van der Waals surface area contributed by atoms with Gasteiger partial charge in [0.05, 0.1) is 18.1 Å². The topological polar surface area (TPSA) is 58.9 Å². The first-order chi connectivity index (χ1) is 5.69. The van der Waals surface area contributed by atoms with Gasteiger partial charge in [-0.2, -0.15) is 0 Å². The highest BCUT2D eigenvalue weighted by Crippen LogP contribution is 2.27. The van der Waals surface area contributed by atoms with Gasteiger partial charge in [0.1, 0.15) is 6.10 Å². The van der Waals surface area contributed by atoms with Crippen molar-refractivity contribution in [2.75, 3.05) is 13.7 Å². The predicted molar refractivity (Wildman–Crippen MR) is 43.0 cm³/mol. The number of rotatable bonds is 3. The van der Waals surface area contributed by atoms with Gasteiger partial charge in [0.2, 0.25) is 0 Å². The molecule has 0 aromatic carbocycles. The number of halogens is 1. The Morgan fingerprint density at radius 1 is 1.75 bits per heavy atom. The number of aliphatic hydroxyl groups is 2. The van der Waals surface area contributed by atoms with Crippen molar-refractivity contribution in [2.24, 2.45) is 0 Å². The van der Waals surface area contributed by atoms with Gasteiger partial charge in [-0.05, 0) is 6.42 Å². The number of methoxy groups -OCH3 is 1. The van der Waals surface area contributed by atoms with E-state index in [0.717, 1.165) is 0 Å². The molecule has 4 nitrogen and oxygen atoms in total. The fourth-order valence-corrected chi connectivity index (χ4v) is 1.55. The summed E-state index contributed by atoms with van der Waals surface area (Å²) in [5.41, 5.74) is 0. The molecule has 1 aliphatic heterocycles. The molecule has 0 radical (unpaired) electrons. The van der Waals surface area contributed by atoms with Crippen molar-refractivity contribution in [3.05, 3.63) is 0 Å². The third-order valence-corrected chi connectivity index (χ3v) is 2.29. The molecule has 4 atom stereocenters. The molecule has 0 spiro atoms. The zero-order chi connectivity index (χ0) is 9.14. The second-order valence-corrected chi connectivity index (χ2v) is 3.34. The van der Waals surface area contributed by atoms with E-state index < -0.39 is 18.5 Å². The molecular weight excluding hydrogens is 184 g/mol. The molecule has 72 valence electrons.